The summed E-state index contributed by atoms with van der Waals surface area (Å²) in [4.78, 5) is 8.89. The molecule has 1 aliphatic rings. The zero-order chi connectivity index (χ0) is 21.1. The fraction of sp³-hybridized carbons (Fsp3) is 0.350. The SMILES string of the molecule is Cc1cc(Nc2cc(NC3CCOCC3)nc(-c3cccc(C(F)(F)F)c3)n2)n[nH]1. The molecule has 3 N–H and O–H groups in total. The number of benzene rings is 1. The highest BCUT2D eigenvalue weighted by molar-refractivity contribution is 5.64. The van der Waals surface area contributed by atoms with Crippen LogP contribution >= 0.6 is 0 Å². The number of nitrogens with one attached hydrogen (secondary N) is 3. The molecule has 0 amide bonds. The molecule has 10 heteroatoms. The van der Waals surface area contributed by atoms with Gasteiger partial charge in [0.25, 0.3) is 0 Å². The van der Waals surface area contributed by atoms with Crippen LogP contribution in [-0.2, 0) is 10.9 Å². The van der Waals surface area contributed by atoms with E-state index < -0.39 is 11.7 Å². The largest absolute Gasteiger partial charge is 0.416 e. The van der Waals surface area contributed by atoms with Crippen molar-refractivity contribution in [2.24, 2.45) is 0 Å². The van der Waals surface area contributed by atoms with E-state index in [1.54, 1.807) is 18.2 Å². The number of nitrogens with zero attached hydrogens (tertiary/aromatic N) is 3. The Morgan fingerprint density at radius 1 is 1.03 bits per heavy atom. The smallest absolute Gasteiger partial charge is 0.381 e. The Balaban J connectivity index is 1.69. The highest BCUT2D eigenvalue weighted by Crippen LogP contribution is 2.32. The fourth-order valence-corrected chi connectivity index (χ4v) is 3.21. The van der Waals surface area contributed by atoms with Gasteiger partial charge in [0.1, 0.15) is 11.6 Å². The Kier molecular flexibility index (Phi) is 5.58. The quantitative estimate of drug-likeness (QED) is 0.564. The monoisotopic (exact) mass is 418 g/mol. The number of halogens is 3. The van der Waals surface area contributed by atoms with Crippen molar-refractivity contribution in [2.45, 2.75) is 32.0 Å². The lowest BCUT2D eigenvalue weighted by Gasteiger charge is -2.24. The van der Waals surface area contributed by atoms with Crippen molar-refractivity contribution >= 4 is 17.5 Å². The average Bonchev–Trinajstić information content (AvgIpc) is 3.12. The van der Waals surface area contributed by atoms with Crippen molar-refractivity contribution in [3.05, 3.63) is 47.7 Å². The molecule has 0 spiro atoms. The lowest BCUT2D eigenvalue weighted by atomic mass is 10.1. The van der Waals surface area contributed by atoms with Crippen LogP contribution in [0.4, 0.5) is 30.6 Å². The number of rotatable bonds is 5. The molecule has 0 unspecified atom stereocenters. The maximum atomic E-state index is 13.2. The number of aryl methyl sites for hydroxylation is 1. The van der Waals surface area contributed by atoms with E-state index in [1.807, 2.05) is 6.92 Å². The molecule has 2 aromatic heterocycles. The van der Waals surface area contributed by atoms with E-state index in [-0.39, 0.29) is 17.4 Å². The Bertz CT molecular complexity index is 1010. The van der Waals surface area contributed by atoms with Crippen LogP contribution in [0.2, 0.25) is 0 Å². The van der Waals surface area contributed by atoms with Gasteiger partial charge in [-0.2, -0.15) is 18.3 Å². The van der Waals surface area contributed by atoms with Gasteiger partial charge in [0, 0.05) is 42.6 Å². The number of ether oxygens (including phenoxy) is 1. The minimum Gasteiger partial charge on any atom is -0.381 e. The first-order valence-corrected chi connectivity index (χ1v) is 9.57. The molecule has 1 aliphatic heterocycles. The molecule has 0 bridgehead atoms. The van der Waals surface area contributed by atoms with E-state index in [0.717, 1.165) is 30.7 Å². The molecule has 0 aliphatic carbocycles. The summed E-state index contributed by atoms with van der Waals surface area (Å²) in [6.45, 7) is 3.17. The number of aromatic nitrogens is 4. The molecule has 1 fully saturated rings. The predicted octanol–water partition coefficient (Wildman–Crippen LogP) is 4.53. The topological polar surface area (TPSA) is 87.8 Å². The summed E-state index contributed by atoms with van der Waals surface area (Å²) in [5, 5.41) is 13.4. The van der Waals surface area contributed by atoms with Crippen LogP contribution in [0, 0.1) is 6.92 Å². The third-order valence-electron chi connectivity index (χ3n) is 4.71. The van der Waals surface area contributed by atoms with E-state index in [0.29, 0.717) is 30.7 Å². The van der Waals surface area contributed by atoms with Gasteiger partial charge in [-0.05, 0) is 31.9 Å². The van der Waals surface area contributed by atoms with Gasteiger partial charge >= 0.3 is 6.18 Å². The van der Waals surface area contributed by atoms with Gasteiger partial charge in [0.05, 0.1) is 5.56 Å². The second kappa shape index (κ2) is 8.31. The second-order valence-electron chi connectivity index (χ2n) is 7.13. The van der Waals surface area contributed by atoms with Crippen LogP contribution in [0.5, 0.6) is 0 Å². The van der Waals surface area contributed by atoms with Crippen molar-refractivity contribution in [3.8, 4) is 11.4 Å². The van der Waals surface area contributed by atoms with Crippen molar-refractivity contribution in [2.75, 3.05) is 23.8 Å². The van der Waals surface area contributed by atoms with Gasteiger partial charge in [-0.15, -0.1) is 0 Å². The number of anilines is 3. The maximum Gasteiger partial charge on any atom is 0.416 e. The molecule has 1 saturated heterocycles. The normalized spacial score (nSPS) is 15.2. The summed E-state index contributed by atoms with van der Waals surface area (Å²) < 4.78 is 44.8. The van der Waals surface area contributed by atoms with Crippen LogP contribution in [0.25, 0.3) is 11.4 Å². The zero-order valence-corrected chi connectivity index (χ0v) is 16.3. The molecule has 158 valence electrons. The number of hydrogen-bond acceptors (Lipinski definition) is 6. The third-order valence-corrected chi connectivity index (χ3v) is 4.71. The second-order valence-corrected chi connectivity index (χ2v) is 7.13. The standard InChI is InChI=1S/C20H21F3N6O/c1-12-9-18(29-28-12)25-17-11-16(24-15-5-7-30-8-6-15)26-19(27-17)13-3-2-4-14(10-13)20(21,22)23/h2-4,9-11,15H,5-8H2,1H3,(H3,24,25,26,27,28,29). The first-order valence-electron chi connectivity index (χ1n) is 9.57. The van der Waals surface area contributed by atoms with Gasteiger partial charge in [0.2, 0.25) is 0 Å². The van der Waals surface area contributed by atoms with E-state index in [1.165, 1.54) is 6.07 Å². The van der Waals surface area contributed by atoms with Crippen molar-refractivity contribution in [3.63, 3.8) is 0 Å². The molecule has 7 nitrogen and oxygen atoms in total. The highest BCUT2D eigenvalue weighted by atomic mass is 19.4. The van der Waals surface area contributed by atoms with E-state index in [4.69, 9.17) is 4.74 Å². The Morgan fingerprint density at radius 2 is 1.80 bits per heavy atom. The molecule has 3 aromatic rings. The Morgan fingerprint density at radius 3 is 2.50 bits per heavy atom. The first kappa shape index (κ1) is 20.1. The Labute approximate surface area is 171 Å². The summed E-state index contributed by atoms with van der Waals surface area (Å²) in [5.74, 6) is 1.70. The van der Waals surface area contributed by atoms with Gasteiger partial charge in [0.15, 0.2) is 11.6 Å². The zero-order valence-electron chi connectivity index (χ0n) is 16.3. The van der Waals surface area contributed by atoms with Crippen LogP contribution in [0.15, 0.2) is 36.4 Å². The maximum absolute atomic E-state index is 13.2. The van der Waals surface area contributed by atoms with Crippen molar-refractivity contribution in [1.29, 1.82) is 0 Å². The average molecular weight is 418 g/mol. The summed E-state index contributed by atoms with van der Waals surface area (Å²) in [5.41, 5.74) is 0.399. The third kappa shape index (κ3) is 4.88. The summed E-state index contributed by atoms with van der Waals surface area (Å²) in [6.07, 6.45) is -2.80. The van der Waals surface area contributed by atoms with Gasteiger partial charge in [-0.1, -0.05) is 12.1 Å². The van der Waals surface area contributed by atoms with Crippen LogP contribution in [0.1, 0.15) is 24.1 Å². The lowest BCUT2D eigenvalue weighted by molar-refractivity contribution is -0.137. The fourth-order valence-electron chi connectivity index (χ4n) is 3.21. The summed E-state index contributed by atoms with van der Waals surface area (Å²) in [6, 6.07) is 8.68. The first-order chi connectivity index (χ1) is 14.4. The Hall–Kier alpha value is -3.14. The van der Waals surface area contributed by atoms with E-state index in [2.05, 4.69) is 30.8 Å². The van der Waals surface area contributed by atoms with Gasteiger partial charge in [-0.25, -0.2) is 9.97 Å². The van der Waals surface area contributed by atoms with Crippen molar-refractivity contribution < 1.29 is 17.9 Å². The highest BCUT2D eigenvalue weighted by Gasteiger charge is 2.30. The van der Waals surface area contributed by atoms with E-state index >= 15 is 0 Å². The number of alkyl halides is 3. The lowest BCUT2D eigenvalue weighted by Crippen LogP contribution is -2.28. The molecule has 0 atom stereocenters. The number of H-pyrrole nitrogens is 1. The summed E-state index contributed by atoms with van der Waals surface area (Å²) >= 11 is 0. The molecule has 0 saturated carbocycles. The van der Waals surface area contributed by atoms with Crippen LogP contribution in [0.3, 0.4) is 0 Å². The summed E-state index contributed by atoms with van der Waals surface area (Å²) in [7, 11) is 0. The van der Waals surface area contributed by atoms with Crippen LogP contribution < -0.4 is 10.6 Å². The van der Waals surface area contributed by atoms with Gasteiger partial charge in [-0.3, -0.25) is 5.10 Å². The molecule has 0 radical (unpaired) electrons. The molecule has 3 heterocycles. The number of hydrogen-bond donors (Lipinski definition) is 3. The van der Waals surface area contributed by atoms with Gasteiger partial charge < -0.3 is 15.4 Å². The van der Waals surface area contributed by atoms with E-state index in [9.17, 15) is 13.2 Å². The van der Waals surface area contributed by atoms with Crippen LogP contribution in [-0.4, -0.2) is 39.4 Å². The number of aromatic amines is 1. The molecular formula is C20H21F3N6O. The minimum atomic E-state index is -4.44. The minimum absolute atomic E-state index is 0.170. The van der Waals surface area contributed by atoms with Crippen molar-refractivity contribution in [1.82, 2.24) is 20.2 Å². The molecule has 30 heavy (non-hydrogen) atoms. The molecular weight excluding hydrogens is 397 g/mol. The predicted molar refractivity (Wildman–Crippen MR) is 107 cm³/mol. The molecule has 1 aromatic carbocycles. The molecule has 4 rings (SSSR count).